The van der Waals surface area contributed by atoms with E-state index < -0.39 is 8.07 Å². The second-order valence-electron chi connectivity index (χ2n) is 6.67. The molecule has 0 fully saturated rings. The number of rotatable bonds is 1. The fourth-order valence-corrected chi connectivity index (χ4v) is 2.85. The van der Waals surface area contributed by atoms with Crippen molar-refractivity contribution in [2.24, 2.45) is 0 Å². The van der Waals surface area contributed by atoms with Crippen molar-refractivity contribution in [3.05, 3.63) is 47.0 Å². The van der Waals surface area contributed by atoms with Crippen molar-refractivity contribution in [1.29, 1.82) is 0 Å². The highest BCUT2D eigenvalue weighted by Crippen LogP contribution is 2.33. The Balaban J connectivity index is 2.04. The standard InChI is InChI=1S/C18H19N3OSi/c1-12-17(20-11-19-12)10-15-14-9-13(7-8-23(2,3)4)5-6-16(14)21-18(15)22/h5-6,9-11H,1-4H3,(H,19,20)(H,21,22)/b15-10-. The van der Waals surface area contributed by atoms with Crippen LogP contribution in [0.5, 0.6) is 0 Å². The van der Waals surface area contributed by atoms with Crippen LogP contribution in [0.15, 0.2) is 24.5 Å². The van der Waals surface area contributed by atoms with Gasteiger partial charge in [0.05, 0.1) is 23.3 Å². The summed E-state index contributed by atoms with van der Waals surface area (Å²) in [5.41, 5.74) is 8.38. The van der Waals surface area contributed by atoms with E-state index in [4.69, 9.17) is 0 Å². The summed E-state index contributed by atoms with van der Waals surface area (Å²) in [4.78, 5) is 19.5. The average molecular weight is 321 g/mol. The SMILES string of the molecule is Cc1nc[nH]c1/C=C1\C(=O)Nc2ccc(C#C[Si](C)(C)C)cc21. The van der Waals surface area contributed by atoms with Gasteiger partial charge in [0.25, 0.3) is 5.91 Å². The molecule has 0 atom stereocenters. The fourth-order valence-electron chi connectivity index (χ4n) is 2.33. The van der Waals surface area contributed by atoms with E-state index in [0.29, 0.717) is 5.57 Å². The monoisotopic (exact) mass is 321 g/mol. The van der Waals surface area contributed by atoms with Crippen LogP contribution in [0.25, 0.3) is 11.6 Å². The Morgan fingerprint density at radius 3 is 2.70 bits per heavy atom. The van der Waals surface area contributed by atoms with Crippen LogP contribution >= 0.6 is 0 Å². The number of hydrogen-bond donors (Lipinski definition) is 2. The third-order valence-electron chi connectivity index (χ3n) is 3.54. The highest BCUT2D eigenvalue weighted by Gasteiger charge is 2.24. The van der Waals surface area contributed by atoms with E-state index in [1.807, 2.05) is 31.2 Å². The summed E-state index contributed by atoms with van der Waals surface area (Å²) in [7, 11) is -1.43. The van der Waals surface area contributed by atoms with Crippen LogP contribution in [-0.2, 0) is 4.79 Å². The molecule has 23 heavy (non-hydrogen) atoms. The molecule has 2 aromatic rings. The van der Waals surface area contributed by atoms with Gasteiger partial charge in [-0.3, -0.25) is 4.79 Å². The molecule has 0 radical (unpaired) electrons. The van der Waals surface area contributed by atoms with Gasteiger partial charge in [-0.05, 0) is 31.2 Å². The van der Waals surface area contributed by atoms with Gasteiger partial charge in [0.2, 0.25) is 0 Å². The van der Waals surface area contributed by atoms with E-state index >= 15 is 0 Å². The van der Waals surface area contributed by atoms with Crippen LogP contribution in [-0.4, -0.2) is 23.9 Å². The number of carbonyl (C=O) groups excluding carboxylic acids is 1. The lowest BCUT2D eigenvalue weighted by Crippen LogP contribution is -2.16. The number of nitrogens with one attached hydrogen (secondary N) is 2. The summed E-state index contributed by atoms with van der Waals surface area (Å²) in [6.07, 6.45) is 3.48. The van der Waals surface area contributed by atoms with E-state index in [-0.39, 0.29) is 5.91 Å². The number of H-pyrrole nitrogens is 1. The maximum Gasteiger partial charge on any atom is 0.256 e. The summed E-state index contributed by atoms with van der Waals surface area (Å²) >= 11 is 0. The predicted octanol–water partition coefficient (Wildman–Crippen LogP) is 3.44. The quantitative estimate of drug-likeness (QED) is 0.480. The Labute approximate surface area is 137 Å². The Morgan fingerprint density at radius 2 is 2.04 bits per heavy atom. The van der Waals surface area contributed by atoms with Crippen molar-refractivity contribution in [1.82, 2.24) is 9.97 Å². The molecule has 0 unspecified atom stereocenters. The number of amides is 1. The number of aromatic amines is 1. The summed E-state index contributed by atoms with van der Waals surface area (Å²) in [5.74, 6) is 3.15. The molecule has 1 aromatic heterocycles. The molecule has 0 spiro atoms. The molecular formula is C18H19N3OSi. The number of aromatic nitrogens is 2. The zero-order valence-electron chi connectivity index (χ0n) is 13.7. The zero-order chi connectivity index (χ0) is 16.6. The van der Waals surface area contributed by atoms with Crippen molar-refractivity contribution in [3.63, 3.8) is 0 Å². The maximum atomic E-state index is 12.3. The largest absolute Gasteiger partial charge is 0.345 e. The van der Waals surface area contributed by atoms with Crippen LogP contribution in [0.3, 0.4) is 0 Å². The predicted molar refractivity (Wildman–Crippen MR) is 96.5 cm³/mol. The summed E-state index contributed by atoms with van der Waals surface area (Å²) in [5, 5.41) is 2.90. The number of benzene rings is 1. The third-order valence-corrected chi connectivity index (χ3v) is 4.42. The van der Waals surface area contributed by atoms with Crippen LogP contribution in [0, 0.1) is 18.4 Å². The smallest absolute Gasteiger partial charge is 0.256 e. The van der Waals surface area contributed by atoms with Gasteiger partial charge in [-0.1, -0.05) is 25.6 Å². The average Bonchev–Trinajstić information content (AvgIpc) is 3.01. The van der Waals surface area contributed by atoms with E-state index in [1.165, 1.54) is 0 Å². The molecule has 0 saturated carbocycles. The van der Waals surface area contributed by atoms with Crippen LogP contribution < -0.4 is 5.32 Å². The second kappa shape index (κ2) is 5.56. The number of nitrogens with zero attached hydrogens (tertiary/aromatic N) is 1. The Kier molecular flexibility index (Phi) is 3.70. The molecule has 116 valence electrons. The Morgan fingerprint density at radius 1 is 1.26 bits per heavy atom. The van der Waals surface area contributed by atoms with Crippen molar-refractivity contribution in [2.45, 2.75) is 26.6 Å². The van der Waals surface area contributed by atoms with Gasteiger partial charge in [-0.2, -0.15) is 0 Å². The molecule has 3 rings (SSSR count). The molecule has 0 aliphatic carbocycles. The number of hydrogen-bond acceptors (Lipinski definition) is 2. The minimum absolute atomic E-state index is 0.0932. The summed E-state index contributed by atoms with van der Waals surface area (Å²) in [6, 6.07) is 5.86. The van der Waals surface area contributed by atoms with Crippen LogP contribution in [0.1, 0.15) is 22.5 Å². The maximum absolute atomic E-state index is 12.3. The van der Waals surface area contributed by atoms with Crippen molar-refractivity contribution in [3.8, 4) is 11.5 Å². The minimum Gasteiger partial charge on any atom is -0.345 e. The first-order valence-corrected chi connectivity index (χ1v) is 11.0. The molecule has 1 aliphatic rings. The highest BCUT2D eigenvalue weighted by molar-refractivity contribution is 6.83. The molecule has 1 amide bonds. The van der Waals surface area contributed by atoms with E-state index in [1.54, 1.807) is 6.33 Å². The van der Waals surface area contributed by atoms with Gasteiger partial charge in [-0.25, -0.2) is 4.98 Å². The molecular weight excluding hydrogens is 302 g/mol. The summed E-state index contributed by atoms with van der Waals surface area (Å²) in [6.45, 7) is 8.55. The van der Waals surface area contributed by atoms with Crippen LogP contribution in [0.2, 0.25) is 19.6 Å². The van der Waals surface area contributed by atoms with Crippen molar-refractivity contribution in [2.75, 3.05) is 5.32 Å². The lowest BCUT2D eigenvalue weighted by atomic mass is 10.0. The number of anilines is 1. The van der Waals surface area contributed by atoms with Crippen molar-refractivity contribution >= 4 is 31.3 Å². The first-order chi connectivity index (χ1) is 10.8. The molecule has 0 saturated heterocycles. The van der Waals surface area contributed by atoms with E-state index in [0.717, 1.165) is 28.2 Å². The Bertz CT molecular complexity index is 876. The molecule has 2 N–H and O–H groups in total. The van der Waals surface area contributed by atoms with Gasteiger partial charge < -0.3 is 10.3 Å². The third kappa shape index (κ3) is 3.27. The molecule has 2 heterocycles. The van der Waals surface area contributed by atoms with Gasteiger partial charge >= 0.3 is 0 Å². The number of carbonyl (C=O) groups is 1. The highest BCUT2D eigenvalue weighted by atomic mass is 28.3. The van der Waals surface area contributed by atoms with E-state index in [9.17, 15) is 4.79 Å². The topological polar surface area (TPSA) is 57.8 Å². The van der Waals surface area contributed by atoms with Gasteiger partial charge in [0.15, 0.2) is 0 Å². The molecule has 1 aliphatic heterocycles. The summed E-state index contributed by atoms with van der Waals surface area (Å²) < 4.78 is 0. The normalized spacial score (nSPS) is 15.1. The Hall–Kier alpha value is -2.58. The minimum atomic E-state index is -1.43. The molecule has 0 bridgehead atoms. The number of fused-ring (bicyclic) bond motifs is 1. The molecule has 4 nitrogen and oxygen atoms in total. The van der Waals surface area contributed by atoms with Crippen molar-refractivity contribution < 1.29 is 4.79 Å². The lowest BCUT2D eigenvalue weighted by molar-refractivity contribution is -0.110. The number of imidazole rings is 1. The van der Waals surface area contributed by atoms with Gasteiger partial charge in [0, 0.05) is 16.8 Å². The van der Waals surface area contributed by atoms with E-state index in [2.05, 4.69) is 46.4 Å². The number of aryl methyl sites for hydroxylation is 1. The fraction of sp³-hybridized carbons (Fsp3) is 0.222. The second-order valence-corrected chi connectivity index (χ2v) is 11.4. The van der Waals surface area contributed by atoms with Gasteiger partial charge in [0.1, 0.15) is 8.07 Å². The first-order valence-electron chi connectivity index (χ1n) is 7.54. The zero-order valence-corrected chi connectivity index (χ0v) is 14.7. The molecule has 1 aromatic carbocycles. The first kappa shape index (κ1) is 15.3. The lowest BCUT2D eigenvalue weighted by Gasteiger charge is -2.04. The van der Waals surface area contributed by atoms with Gasteiger partial charge in [-0.15, -0.1) is 5.54 Å². The van der Waals surface area contributed by atoms with Crippen LogP contribution in [0.4, 0.5) is 5.69 Å². The molecule has 5 heteroatoms.